The van der Waals surface area contributed by atoms with Crippen molar-refractivity contribution in [3.05, 3.63) is 41.0 Å². The number of H-pyrrole nitrogens is 1. The van der Waals surface area contributed by atoms with Crippen LogP contribution in [0.3, 0.4) is 0 Å². The Morgan fingerprint density at radius 1 is 1.32 bits per heavy atom. The third-order valence-corrected chi connectivity index (χ3v) is 4.54. The smallest absolute Gasteiger partial charge is 0.275 e. The monoisotopic (exact) mass is 357 g/mol. The number of amides is 1. The molecule has 0 spiro atoms. The second-order valence-electron chi connectivity index (χ2n) is 5.43. The molecule has 0 fully saturated rings. The zero-order valence-corrected chi connectivity index (χ0v) is 14.9. The van der Waals surface area contributed by atoms with Gasteiger partial charge in [0.15, 0.2) is 0 Å². The van der Waals surface area contributed by atoms with Gasteiger partial charge in [0.2, 0.25) is 5.13 Å². The molecule has 2 aromatic heterocycles. The topological polar surface area (TPSA) is 92.8 Å². The van der Waals surface area contributed by atoms with Crippen LogP contribution in [0.5, 0.6) is 5.75 Å². The third-order valence-electron chi connectivity index (χ3n) is 3.64. The summed E-state index contributed by atoms with van der Waals surface area (Å²) in [5.74, 6) is 0.400. The molecule has 3 rings (SSSR count). The van der Waals surface area contributed by atoms with Crippen LogP contribution in [0.1, 0.15) is 35.3 Å². The first-order chi connectivity index (χ1) is 12.2. The number of aromatic nitrogens is 4. The zero-order chi connectivity index (χ0) is 17.6. The number of carbonyl (C=O) groups is 1. The van der Waals surface area contributed by atoms with Crippen molar-refractivity contribution in [2.75, 3.05) is 12.4 Å². The van der Waals surface area contributed by atoms with Crippen molar-refractivity contribution in [3.63, 3.8) is 0 Å². The standard InChI is InChI=1S/C17H19N5O2S/c1-3-4-9-15-21-22-17(25-15)18-16(23)13-10-12(19-20-13)11-7-5-6-8-14(11)24-2/h5-8,10H,3-4,9H2,1-2H3,(H,19,20)(H,18,22,23). The number of ether oxygens (including phenoxy) is 1. The fraction of sp³-hybridized carbons (Fsp3) is 0.294. The van der Waals surface area contributed by atoms with E-state index in [1.807, 2.05) is 24.3 Å². The Bertz CT molecular complexity index is 858. The number of hydrogen-bond acceptors (Lipinski definition) is 6. The van der Waals surface area contributed by atoms with E-state index in [1.165, 1.54) is 11.3 Å². The van der Waals surface area contributed by atoms with E-state index >= 15 is 0 Å². The molecule has 0 unspecified atom stereocenters. The van der Waals surface area contributed by atoms with Crippen molar-refractivity contribution in [2.45, 2.75) is 26.2 Å². The van der Waals surface area contributed by atoms with Gasteiger partial charge in [-0.2, -0.15) is 5.10 Å². The highest BCUT2D eigenvalue weighted by Crippen LogP contribution is 2.28. The summed E-state index contributed by atoms with van der Waals surface area (Å²) in [6, 6.07) is 9.20. The number of unbranched alkanes of at least 4 members (excludes halogenated alkanes) is 1. The van der Waals surface area contributed by atoms with E-state index in [9.17, 15) is 4.79 Å². The molecule has 1 amide bonds. The molecule has 0 saturated carbocycles. The van der Waals surface area contributed by atoms with Gasteiger partial charge >= 0.3 is 0 Å². The van der Waals surface area contributed by atoms with E-state index in [1.54, 1.807) is 13.2 Å². The fourth-order valence-electron chi connectivity index (χ4n) is 2.33. The summed E-state index contributed by atoms with van der Waals surface area (Å²) in [6.45, 7) is 2.13. The SMILES string of the molecule is CCCCc1nnc(NC(=O)c2cc(-c3ccccc3OC)n[nH]2)s1. The van der Waals surface area contributed by atoms with Gasteiger partial charge in [0.25, 0.3) is 5.91 Å². The molecule has 0 saturated heterocycles. The lowest BCUT2D eigenvalue weighted by molar-refractivity contribution is 0.102. The Kier molecular flexibility index (Phi) is 5.39. The minimum absolute atomic E-state index is 0.299. The number of nitrogens with one attached hydrogen (secondary N) is 2. The maximum absolute atomic E-state index is 12.4. The van der Waals surface area contributed by atoms with E-state index in [0.717, 1.165) is 29.8 Å². The lowest BCUT2D eigenvalue weighted by Gasteiger charge is -2.04. The maximum atomic E-state index is 12.4. The fourth-order valence-corrected chi connectivity index (χ4v) is 3.11. The van der Waals surface area contributed by atoms with Gasteiger partial charge in [0.05, 0.1) is 12.8 Å². The summed E-state index contributed by atoms with van der Waals surface area (Å²) < 4.78 is 5.33. The average Bonchev–Trinajstić information content (AvgIpc) is 3.29. The molecule has 8 heteroatoms. The second-order valence-corrected chi connectivity index (χ2v) is 6.49. The van der Waals surface area contributed by atoms with Crippen molar-refractivity contribution < 1.29 is 9.53 Å². The normalized spacial score (nSPS) is 10.6. The highest BCUT2D eigenvalue weighted by Gasteiger charge is 2.15. The Morgan fingerprint density at radius 3 is 2.96 bits per heavy atom. The average molecular weight is 357 g/mol. The van der Waals surface area contributed by atoms with E-state index in [0.29, 0.717) is 22.3 Å². The van der Waals surface area contributed by atoms with Crippen LogP contribution in [0.25, 0.3) is 11.3 Å². The predicted octanol–water partition coefficient (Wildman–Crippen LogP) is 3.53. The van der Waals surface area contributed by atoms with E-state index in [2.05, 4.69) is 32.6 Å². The zero-order valence-electron chi connectivity index (χ0n) is 14.1. The van der Waals surface area contributed by atoms with Gasteiger partial charge in [-0.3, -0.25) is 15.2 Å². The first-order valence-corrected chi connectivity index (χ1v) is 8.85. The highest BCUT2D eigenvalue weighted by molar-refractivity contribution is 7.15. The lowest BCUT2D eigenvalue weighted by Crippen LogP contribution is -2.12. The Balaban J connectivity index is 1.71. The van der Waals surface area contributed by atoms with Gasteiger partial charge in [-0.15, -0.1) is 10.2 Å². The van der Waals surface area contributed by atoms with Crippen LogP contribution in [0.4, 0.5) is 5.13 Å². The molecule has 0 aliphatic carbocycles. The van der Waals surface area contributed by atoms with Gasteiger partial charge in [0.1, 0.15) is 16.5 Å². The molecule has 0 bridgehead atoms. The van der Waals surface area contributed by atoms with E-state index in [4.69, 9.17) is 4.74 Å². The van der Waals surface area contributed by atoms with Crippen LogP contribution in [0.2, 0.25) is 0 Å². The molecule has 7 nitrogen and oxygen atoms in total. The minimum atomic E-state index is -0.299. The molecule has 0 radical (unpaired) electrons. The third kappa shape index (κ3) is 4.03. The lowest BCUT2D eigenvalue weighted by atomic mass is 10.1. The molecule has 1 aromatic carbocycles. The molecule has 0 aliphatic rings. The van der Waals surface area contributed by atoms with Crippen molar-refractivity contribution in [1.29, 1.82) is 0 Å². The minimum Gasteiger partial charge on any atom is -0.496 e. The van der Waals surface area contributed by atoms with Crippen molar-refractivity contribution >= 4 is 22.4 Å². The second kappa shape index (κ2) is 7.89. The van der Waals surface area contributed by atoms with Crippen molar-refractivity contribution in [3.8, 4) is 17.0 Å². The summed E-state index contributed by atoms with van der Waals surface area (Å²) in [5.41, 5.74) is 1.81. The Morgan fingerprint density at radius 2 is 2.16 bits per heavy atom. The van der Waals surface area contributed by atoms with E-state index < -0.39 is 0 Å². The first kappa shape index (κ1) is 17.1. The largest absolute Gasteiger partial charge is 0.496 e. The highest BCUT2D eigenvalue weighted by atomic mass is 32.1. The number of para-hydroxylation sites is 1. The van der Waals surface area contributed by atoms with Crippen molar-refractivity contribution in [1.82, 2.24) is 20.4 Å². The number of aryl methyl sites for hydroxylation is 1. The van der Waals surface area contributed by atoms with Crippen molar-refractivity contribution in [2.24, 2.45) is 0 Å². The summed E-state index contributed by atoms with van der Waals surface area (Å²) in [7, 11) is 1.60. The van der Waals surface area contributed by atoms with Crippen LogP contribution in [0, 0.1) is 0 Å². The number of aromatic amines is 1. The quantitative estimate of drug-likeness (QED) is 0.675. The molecule has 2 heterocycles. The van der Waals surface area contributed by atoms with Gasteiger partial charge < -0.3 is 4.74 Å². The molecule has 25 heavy (non-hydrogen) atoms. The molecule has 0 aliphatic heterocycles. The first-order valence-electron chi connectivity index (χ1n) is 8.03. The predicted molar refractivity (Wildman–Crippen MR) is 97.0 cm³/mol. The maximum Gasteiger partial charge on any atom is 0.275 e. The number of benzene rings is 1. The van der Waals surface area contributed by atoms with Crippen LogP contribution in [-0.2, 0) is 6.42 Å². The number of methoxy groups -OCH3 is 1. The Hall–Kier alpha value is -2.74. The molecule has 0 atom stereocenters. The van der Waals surface area contributed by atoms with E-state index in [-0.39, 0.29) is 5.91 Å². The summed E-state index contributed by atoms with van der Waals surface area (Å²) in [4.78, 5) is 12.4. The van der Waals surface area contributed by atoms with Gasteiger partial charge in [-0.05, 0) is 24.6 Å². The molecule has 3 aromatic rings. The van der Waals surface area contributed by atoms with Crippen LogP contribution in [0.15, 0.2) is 30.3 Å². The van der Waals surface area contributed by atoms with Crippen LogP contribution >= 0.6 is 11.3 Å². The molecular weight excluding hydrogens is 338 g/mol. The molecule has 2 N–H and O–H groups in total. The summed E-state index contributed by atoms with van der Waals surface area (Å²) in [5, 5.41) is 19.2. The number of rotatable bonds is 7. The number of hydrogen-bond donors (Lipinski definition) is 2. The van der Waals surface area contributed by atoms with Crippen LogP contribution in [-0.4, -0.2) is 33.4 Å². The summed E-state index contributed by atoms with van der Waals surface area (Å²) >= 11 is 1.40. The number of nitrogens with zero attached hydrogens (tertiary/aromatic N) is 3. The summed E-state index contributed by atoms with van der Waals surface area (Å²) in [6.07, 6.45) is 3.04. The van der Waals surface area contributed by atoms with Gasteiger partial charge in [-0.25, -0.2) is 0 Å². The molecule has 130 valence electrons. The van der Waals surface area contributed by atoms with Gasteiger partial charge in [0, 0.05) is 12.0 Å². The number of carbonyl (C=O) groups excluding carboxylic acids is 1. The Labute approximate surface area is 149 Å². The van der Waals surface area contributed by atoms with Crippen LogP contribution < -0.4 is 10.1 Å². The molecular formula is C17H19N5O2S. The van der Waals surface area contributed by atoms with Gasteiger partial charge in [-0.1, -0.05) is 36.8 Å². The number of anilines is 1.